The molecule has 4 nitrogen and oxygen atoms in total. The normalized spacial score (nSPS) is 12.3. The number of H-pyrrole nitrogens is 1. The summed E-state index contributed by atoms with van der Waals surface area (Å²) >= 11 is 0. The number of aromatic amines is 1. The molecule has 1 aromatic heterocycles. The Labute approximate surface area is 154 Å². The quantitative estimate of drug-likeness (QED) is 0.591. The molecule has 7 heteroatoms. The van der Waals surface area contributed by atoms with E-state index in [4.69, 9.17) is 5.11 Å². The van der Waals surface area contributed by atoms with E-state index in [1.807, 2.05) is 0 Å². The molecule has 0 radical (unpaired) electrons. The second kappa shape index (κ2) is 8.26. The molecule has 1 unspecified atom stereocenters. The molecule has 27 heavy (non-hydrogen) atoms. The zero-order valence-corrected chi connectivity index (χ0v) is 14.4. The van der Waals surface area contributed by atoms with Gasteiger partial charge in [0.1, 0.15) is 18.3 Å². The number of aromatic nitrogens is 1. The number of carbonyl (C=O) groups excluding carboxylic acids is 1. The van der Waals surface area contributed by atoms with Crippen molar-refractivity contribution in [1.29, 1.82) is 0 Å². The molecule has 1 amide bonds. The number of aliphatic hydroxyl groups is 1. The summed E-state index contributed by atoms with van der Waals surface area (Å²) in [4.78, 5) is 15.2. The minimum Gasteiger partial charge on any atom is -0.394 e. The zero-order valence-electron chi connectivity index (χ0n) is 14.4. The van der Waals surface area contributed by atoms with Crippen molar-refractivity contribution in [2.24, 2.45) is 0 Å². The number of aliphatic hydroxyl groups excluding tert-OH is 1. The number of hydrogen-bond donors (Lipinski definition) is 3. The molecule has 2 aromatic carbocycles. The second-order valence-corrected chi connectivity index (χ2v) is 6.28. The first kappa shape index (κ1) is 19.0. The maximum Gasteiger partial charge on any atom is 0.220 e. The average Bonchev–Trinajstić information content (AvgIpc) is 3.02. The third-order valence-corrected chi connectivity index (χ3v) is 4.37. The number of hydrogen-bond acceptors (Lipinski definition) is 2. The van der Waals surface area contributed by atoms with Gasteiger partial charge in [-0.2, -0.15) is 0 Å². The van der Waals surface area contributed by atoms with E-state index in [9.17, 15) is 18.0 Å². The van der Waals surface area contributed by atoms with Crippen LogP contribution in [-0.2, 0) is 11.2 Å². The van der Waals surface area contributed by atoms with Crippen LogP contribution in [0.2, 0.25) is 0 Å². The van der Waals surface area contributed by atoms with Crippen LogP contribution in [0.25, 0.3) is 22.2 Å². The second-order valence-electron chi connectivity index (χ2n) is 6.28. The van der Waals surface area contributed by atoms with Crippen LogP contribution in [0.3, 0.4) is 0 Å². The molecule has 0 saturated heterocycles. The predicted octanol–water partition coefficient (Wildman–Crippen LogP) is 3.49. The molecule has 0 aliphatic rings. The van der Waals surface area contributed by atoms with Gasteiger partial charge in [0, 0.05) is 23.0 Å². The Morgan fingerprint density at radius 1 is 1.11 bits per heavy atom. The van der Waals surface area contributed by atoms with E-state index >= 15 is 0 Å². The van der Waals surface area contributed by atoms with Crippen LogP contribution in [0.1, 0.15) is 12.0 Å². The van der Waals surface area contributed by atoms with Crippen molar-refractivity contribution < 1.29 is 23.1 Å². The fourth-order valence-corrected chi connectivity index (χ4v) is 3.01. The molecule has 0 aliphatic carbocycles. The fraction of sp³-hybridized carbons (Fsp3) is 0.250. The third kappa shape index (κ3) is 4.31. The third-order valence-electron chi connectivity index (χ3n) is 4.37. The monoisotopic (exact) mass is 376 g/mol. The van der Waals surface area contributed by atoms with Gasteiger partial charge in [-0.05, 0) is 60.0 Å². The van der Waals surface area contributed by atoms with Crippen LogP contribution in [0.15, 0.2) is 42.5 Å². The molecule has 3 rings (SSSR count). The number of fused-ring (bicyclic) bond motifs is 1. The topological polar surface area (TPSA) is 65.1 Å². The maximum atomic E-state index is 13.7. The van der Waals surface area contributed by atoms with Crippen molar-refractivity contribution in [3.63, 3.8) is 0 Å². The van der Waals surface area contributed by atoms with Crippen molar-refractivity contribution in [2.75, 3.05) is 13.3 Å². The van der Waals surface area contributed by atoms with E-state index in [-0.39, 0.29) is 18.7 Å². The van der Waals surface area contributed by atoms with Crippen molar-refractivity contribution in [3.05, 3.63) is 59.7 Å². The van der Waals surface area contributed by atoms with Crippen LogP contribution < -0.4 is 5.32 Å². The van der Waals surface area contributed by atoms with Crippen LogP contribution in [0.4, 0.5) is 13.2 Å². The molecule has 0 fully saturated rings. The Kier molecular flexibility index (Phi) is 5.81. The molecular formula is C20H19F3N2O2. The number of aryl methyl sites for hydroxylation is 1. The highest BCUT2D eigenvalue weighted by atomic mass is 19.1. The number of nitrogens with one attached hydrogen (secondary N) is 2. The summed E-state index contributed by atoms with van der Waals surface area (Å²) in [6.07, 6.45) is 0.306. The average molecular weight is 376 g/mol. The summed E-state index contributed by atoms with van der Waals surface area (Å²) in [7, 11) is 0. The lowest BCUT2D eigenvalue weighted by atomic mass is 10.0. The summed E-state index contributed by atoms with van der Waals surface area (Å²) in [5, 5.41) is 12.0. The number of rotatable bonds is 7. The van der Waals surface area contributed by atoms with Gasteiger partial charge < -0.3 is 15.4 Å². The Hall–Kier alpha value is -2.80. The van der Waals surface area contributed by atoms with Crippen LogP contribution >= 0.6 is 0 Å². The van der Waals surface area contributed by atoms with Gasteiger partial charge in [-0.3, -0.25) is 4.79 Å². The Morgan fingerprint density at radius 2 is 1.81 bits per heavy atom. The van der Waals surface area contributed by atoms with Crippen molar-refractivity contribution in [1.82, 2.24) is 10.3 Å². The fourth-order valence-electron chi connectivity index (χ4n) is 3.01. The van der Waals surface area contributed by atoms with Gasteiger partial charge >= 0.3 is 0 Å². The lowest BCUT2D eigenvalue weighted by molar-refractivity contribution is -0.122. The summed E-state index contributed by atoms with van der Waals surface area (Å²) in [6, 6.07) is 9.23. The molecule has 1 atom stereocenters. The van der Waals surface area contributed by atoms with Gasteiger partial charge in [0.05, 0.1) is 12.6 Å². The molecular weight excluding hydrogens is 357 g/mol. The molecule has 3 aromatic rings. The summed E-state index contributed by atoms with van der Waals surface area (Å²) in [5.74, 6) is -1.19. The first-order valence-electron chi connectivity index (χ1n) is 8.54. The smallest absolute Gasteiger partial charge is 0.220 e. The van der Waals surface area contributed by atoms with Gasteiger partial charge in [0.2, 0.25) is 5.91 Å². The van der Waals surface area contributed by atoms with Gasteiger partial charge in [-0.1, -0.05) is 0 Å². The van der Waals surface area contributed by atoms with Crippen LogP contribution in [0, 0.1) is 11.6 Å². The highest BCUT2D eigenvalue weighted by molar-refractivity contribution is 5.91. The first-order valence-corrected chi connectivity index (χ1v) is 8.54. The van der Waals surface area contributed by atoms with Gasteiger partial charge in [0.15, 0.2) is 0 Å². The van der Waals surface area contributed by atoms with E-state index in [1.54, 1.807) is 18.2 Å². The largest absolute Gasteiger partial charge is 0.394 e. The number of amides is 1. The van der Waals surface area contributed by atoms with Gasteiger partial charge in [-0.15, -0.1) is 0 Å². The molecule has 0 aliphatic heterocycles. The summed E-state index contributed by atoms with van der Waals surface area (Å²) < 4.78 is 39.6. The lowest BCUT2D eigenvalue weighted by Gasteiger charge is -2.12. The minimum absolute atomic E-state index is 0.0359. The van der Waals surface area contributed by atoms with Gasteiger partial charge in [-0.25, -0.2) is 13.2 Å². The SMILES string of the molecule is O=C(CCc1c(-c2ccc(F)cc2)[nH]c2ccc(F)cc12)NC(CO)CF. The Balaban J connectivity index is 1.92. The molecule has 1 heterocycles. The Bertz CT molecular complexity index is 934. The zero-order chi connectivity index (χ0) is 19.4. The summed E-state index contributed by atoms with van der Waals surface area (Å²) in [6.45, 7) is -1.34. The standard InChI is InChI=1S/C20H19F3N2O2/c21-10-15(11-26)24-19(27)8-6-16-17-9-14(23)5-7-18(17)25-20(16)12-1-3-13(22)4-2-12/h1-5,7,9,15,25-26H,6,8,10-11H2,(H,24,27). The van der Waals surface area contributed by atoms with Gasteiger partial charge in [0.25, 0.3) is 0 Å². The number of halogens is 3. The van der Waals surface area contributed by atoms with E-state index in [0.717, 1.165) is 0 Å². The molecule has 3 N–H and O–H groups in total. The highest BCUT2D eigenvalue weighted by Crippen LogP contribution is 2.32. The van der Waals surface area contributed by atoms with Crippen molar-refractivity contribution in [2.45, 2.75) is 18.9 Å². The lowest BCUT2D eigenvalue weighted by Crippen LogP contribution is -2.39. The van der Waals surface area contributed by atoms with E-state index in [0.29, 0.717) is 27.7 Å². The first-order chi connectivity index (χ1) is 13.0. The van der Waals surface area contributed by atoms with Crippen molar-refractivity contribution in [3.8, 4) is 11.3 Å². The molecule has 0 spiro atoms. The van der Waals surface area contributed by atoms with E-state index in [1.165, 1.54) is 24.3 Å². The van der Waals surface area contributed by atoms with Crippen LogP contribution in [0.5, 0.6) is 0 Å². The number of carbonyl (C=O) groups is 1. The summed E-state index contributed by atoms with van der Waals surface area (Å²) in [5.41, 5.74) is 2.79. The highest BCUT2D eigenvalue weighted by Gasteiger charge is 2.17. The molecule has 0 saturated carbocycles. The van der Waals surface area contributed by atoms with E-state index in [2.05, 4.69) is 10.3 Å². The maximum absolute atomic E-state index is 13.7. The van der Waals surface area contributed by atoms with Crippen LogP contribution in [-0.4, -0.2) is 35.3 Å². The number of benzene rings is 2. The number of alkyl halides is 1. The molecule has 142 valence electrons. The van der Waals surface area contributed by atoms with Crippen molar-refractivity contribution >= 4 is 16.8 Å². The Morgan fingerprint density at radius 3 is 2.48 bits per heavy atom. The predicted molar refractivity (Wildman–Crippen MR) is 97.0 cm³/mol. The molecule has 0 bridgehead atoms. The van der Waals surface area contributed by atoms with E-state index < -0.39 is 31.0 Å². The minimum atomic E-state index is -0.936.